The molecule has 21 heavy (non-hydrogen) atoms. The zero-order valence-corrected chi connectivity index (χ0v) is 14.1. The van der Waals surface area contributed by atoms with Gasteiger partial charge in [-0.3, -0.25) is 5.32 Å². The molecule has 1 aromatic heterocycles. The summed E-state index contributed by atoms with van der Waals surface area (Å²) in [5, 5.41) is 13.6. The van der Waals surface area contributed by atoms with Crippen LogP contribution in [0.2, 0.25) is 0 Å². The molecular weight excluding hydrogens is 336 g/mol. The van der Waals surface area contributed by atoms with Gasteiger partial charge in [-0.2, -0.15) is 0 Å². The number of hydrogen-bond donors (Lipinski definition) is 2. The van der Waals surface area contributed by atoms with E-state index in [-0.39, 0.29) is 11.5 Å². The van der Waals surface area contributed by atoms with Crippen molar-refractivity contribution in [3.63, 3.8) is 0 Å². The fourth-order valence-corrected chi connectivity index (χ4v) is 5.47. The number of rotatable bonds is 4. The van der Waals surface area contributed by atoms with E-state index >= 15 is 0 Å². The van der Waals surface area contributed by atoms with Crippen LogP contribution in [0.4, 0.5) is 9.93 Å². The largest absolute Gasteiger partial charge is 0.333 e. The quantitative estimate of drug-likeness (QED) is 0.794. The van der Waals surface area contributed by atoms with Gasteiger partial charge in [0.1, 0.15) is 5.01 Å². The van der Waals surface area contributed by atoms with Gasteiger partial charge in [0.2, 0.25) is 5.13 Å². The molecular formula is C11H17ClN4O3S2. The summed E-state index contributed by atoms with van der Waals surface area (Å²) < 4.78 is 22.8. The highest BCUT2D eigenvalue weighted by atomic mass is 35.5. The number of carbonyl (C=O) groups excluding carboxylic acids is 1. The number of amides is 2. The molecule has 0 unspecified atom stereocenters. The molecule has 1 fully saturated rings. The maximum Gasteiger partial charge on any atom is 0.321 e. The van der Waals surface area contributed by atoms with Crippen molar-refractivity contribution < 1.29 is 13.2 Å². The molecule has 1 aromatic rings. The first kappa shape index (κ1) is 16.4. The maximum atomic E-state index is 11.8. The predicted molar refractivity (Wildman–Crippen MR) is 82.7 cm³/mol. The molecule has 10 heteroatoms. The Balaban J connectivity index is 1.89. The molecule has 0 aromatic carbocycles. The number of hydrogen-bond acceptors (Lipinski definition) is 6. The highest BCUT2D eigenvalue weighted by molar-refractivity contribution is 7.91. The zero-order valence-electron chi connectivity index (χ0n) is 11.7. The lowest BCUT2D eigenvalue weighted by atomic mass is 10.1. The van der Waals surface area contributed by atoms with E-state index in [4.69, 9.17) is 11.6 Å². The Morgan fingerprint density at radius 2 is 2.14 bits per heavy atom. The van der Waals surface area contributed by atoms with E-state index in [0.717, 1.165) is 11.4 Å². The van der Waals surface area contributed by atoms with Gasteiger partial charge >= 0.3 is 6.03 Å². The van der Waals surface area contributed by atoms with Crippen LogP contribution in [-0.4, -0.2) is 47.6 Å². The third-order valence-corrected chi connectivity index (χ3v) is 6.11. The van der Waals surface area contributed by atoms with E-state index in [2.05, 4.69) is 34.7 Å². The third kappa shape index (κ3) is 4.79. The smallest absolute Gasteiger partial charge is 0.321 e. The van der Waals surface area contributed by atoms with Crippen molar-refractivity contribution >= 4 is 43.9 Å². The standard InChI is InChI=1S/C11H17ClN4O3S2/c1-6(2)3-9-15-16-11(20-9)14-10(17)13-8-5-21(18,19)4-7(8)12/h6-8H,3-5H2,1-2H3,(H2,13,14,16,17)/t7-,8+/m1/s1. The number of urea groups is 1. The first-order valence-corrected chi connectivity index (χ1v) is 9.57. The van der Waals surface area contributed by atoms with Crippen LogP contribution in [0.5, 0.6) is 0 Å². The van der Waals surface area contributed by atoms with E-state index in [9.17, 15) is 13.2 Å². The van der Waals surface area contributed by atoms with Crippen LogP contribution >= 0.6 is 22.9 Å². The second kappa shape index (κ2) is 6.45. The van der Waals surface area contributed by atoms with Gasteiger partial charge in [0.25, 0.3) is 0 Å². The lowest BCUT2D eigenvalue weighted by Crippen LogP contribution is -2.42. The van der Waals surface area contributed by atoms with E-state index in [1.165, 1.54) is 11.3 Å². The Labute approximate surface area is 132 Å². The number of nitrogens with zero attached hydrogens (tertiary/aromatic N) is 2. The molecule has 1 aliphatic heterocycles. The molecule has 2 heterocycles. The van der Waals surface area contributed by atoms with Crippen LogP contribution in [0.25, 0.3) is 0 Å². The van der Waals surface area contributed by atoms with Crippen molar-refractivity contribution in [1.82, 2.24) is 15.5 Å². The van der Waals surface area contributed by atoms with Gasteiger partial charge in [0, 0.05) is 6.42 Å². The summed E-state index contributed by atoms with van der Waals surface area (Å²) in [4.78, 5) is 11.8. The minimum atomic E-state index is -3.17. The topological polar surface area (TPSA) is 101 Å². The highest BCUT2D eigenvalue weighted by Crippen LogP contribution is 2.20. The second-order valence-corrected chi connectivity index (χ2v) is 9.17. The summed E-state index contributed by atoms with van der Waals surface area (Å²) in [5.74, 6) is 0.209. The summed E-state index contributed by atoms with van der Waals surface area (Å²) >= 11 is 7.23. The van der Waals surface area contributed by atoms with E-state index in [0.29, 0.717) is 11.0 Å². The molecule has 0 spiro atoms. The second-order valence-electron chi connectivity index (χ2n) is 5.40. The lowest BCUT2D eigenvalue weighted by Gasteiger charge is -2.13. The van der Waals surface area contributed by atoms with Crippen molar-refractivity contribution in [2.24, 2.45) is 5.92 Å². The molecule has 0 aliphatic carbocycles. The number of carbonyl (C=O) groups is 1. The summed E-state index contributed by atoms with van der Waals surface area (Å²) in [7, 11) is -3.17. The number of sulfone groups is 1. The monoisotopic (exact) mass is 352 g/mol. The SMILES string of the molecule is CC(C)Cc1nnc(NC(=O)N[C@H]2CS(=O)(=O)C[C@H]2Cl)s1. The number of alkyl halides is 1. The van der Waals surface area contributed by atoms with Gasteiger partial charge in [0.05, 0.1) is 22.9 Å². The molecule has 1 aliphatic rings. The number of nitrogens with one attached hydrogen (secondary N) is 2. The fourth-order valence-electron chi connectivity index (χ4n) is 1.97. The fraction of sp³-hybridized carbons (Fsp3) is 0.727. The molecule has 7 nitrogen and oxygen atoms in total. The molecule has 0 saturated carbocycles. The van der Waals surface area contributed by atoms with Crippen LogP contribution in [0, 0.1) is 5.92 Å². The Morgan fingerprint density at radius 1 is 1.43 bits per heavy atom. The van der Waals surface area contributed by atoms with Gasteiger partial charge < -0.3 is 5.32 Å². The van der Waals surface area contributed by atoms with E-state index < -0.39 is 27.3 Å². The molecule has 0 radical (unpaired) electrons. The van der Waals surface area contributed by atoms with Crippen LogP contribution in [0.3, 0.4) is 0 Å². The zero-order chi connectivity index (χ0) is 15.6. The highest BCUT2D eigenvalue weighted by Gasteiger charge is 2.37. The summed E-state index contributed by atoms with van der Waals surface area (Å²) in [6, 6.07) is -1.10. The Morgan fingerprint density at radius 3 is 2.71 bits per heavy atom. The number of halogens is 1. The lowest BCUT2D eigenvalue weighted by molar-refractivity contribution is 0.249. The minimum absolute atomic E-state index is 0.114. The molecule has 2 N–H and O–H groups in total. The number of anilines is 1. The Kier molecular flexibility index (Phi) is 5.05. The maximum absolute atomic E-state index is 11.8. The summed E-state index contributed by atoms with van der Waals surface area (Å²) in [6.07, 6.45) is 0.797. The van der Waals surface area contributed by atoms with Gasteiger partial charge in [0.15, 0.2) is 9.84 Å². The van der Waals surface area contributed by atoms with Gasteiger partial charge in [-0.25, -0.2) is 13.2 Å². The van der Waals surface area contributed by atoms with Crippen molar-refractivity contribution in [3.8, 4) is 0 Å². The third-order valence-electron chi connectivity index (χ3n) is 2.87. The van der Waals surface area contributed by atoms with Crippen molar-refractivity contribution in [1.29, 1.82) is 0 Å². The predicted octanol–water partition coefficient (Wildman–Crippen LogP) is 1.26. The van der Waals surface area contributed by atoms with E-state index in [1.807, 2.05) is 0 Å². The average Bonchev–Trinajstić information content (AvgIpc) is 2.82. The molecule has 2 atom stereocenters. The number of aromatic nitrogens is 2. The van der Waals surface area contributed by atoms with E-state index in [1.54, 1.807) is 0 Å². The minimum Gasteiger partial charge on any atom is -0.333 e. The van der Waals surface area contributed by atoms with Crippen molar-refractivity contribution in [3.05, 3.63) is 5.01 Å². The van der Waals surface area contributed by atoms with Crippen molar-refractivity contribution in [2.45, 2.75) is 31.7 Å². The first-order chi connectivity index (χ1) is 9.75. The average molecular weight is 353 g/mol. The van der Waals surface area contributed by atoms with Crippen LogP contribution in [0.15, 0.2) is 0 Å². The van der Waals surface area contributed by atoms with Crippen molar-refractivity contribution in [2.75, 3.05) is 16.8 Å². The van der Waals surface area contributed by atoms with Crippen LogP contribution in [-0.2, 0) is 16.3 Å². The Hall–Kier alpha value is -0.930. The molecule has 118 valence electrons. The molecule has 1 saturated heterocycles. The van der Waals surface area contributed by atoms with Crippen LogP contribution in [0.1, 0.15) is 18.9 Å². The molecule has 2 amide bonds. The summed E-state index contributed by atoms with van der Waals surface area (Å²) in [6.45, 7) is 4.14. The van der Waals surface area contributed by atoms with Gasteiger partial charge in [-0.15, -0.1) is 21.8 Å². The summed E-state index contributed by atoms with van der Waals surface area (Å²) in [5.41, 5.74) is 0. The normalized spacial score (nSPS) is 24.2. The van der Waals surface area contributed by atoms with Gasteiger partial charge in [-0.05, 0) is 5.92 Å². The first-order valence-electron chi connectivity index (χ1n) is 6.49. The molecule has 0 bridgehead atoms. The van der Waals surface area contributed by atoms with Crippen LogP contribution < -0.4 is 10.6 Å². The Bertz CT molecular complexity index is 617. The molecule has 2 rings (SSSR count). The van der Waals surface area contributed by atoms with Gasteiger partial charge in [-0.1, -0.05) is 25.2 Å².